The second-order valence-corrected chi connectivity index (χ2v) is 6.60. The van der Waals surface area contributed by atoms with Crippen LogP contribution in [0.3, 0.4) is 0 Å². The van der Waals surface area contributed by atoms with Gasteiger partial charge in [0.1, 0.15) is 5.69 Å². The minimum Gasteiger partial charge on any atom is -0.384 e. The van der Waals surface area contributed by atoms with E-state index in [-0.39, 0.29) is 29.1 Å². The molecule has 0 aromatic carbocycles. The predicted molar refractivity (Wildman–Crippen MR) is 92.4 cm³/mol. The highest BCUT2D eigenvalue weighted by molar-refractivity contribution is 5.78. The number of pyridine rings is 2. The number of rotatable bonds is 4. The monoisotopic (exact) mass is 383 g/mol. The van der Waals surface area contributed by atoms with Gasteiger partial charge in [0, 0.05) is 31.8 Å². The Hall–Kier alpha value is -2.42. The molecule has 0 unspecified atom stereocenters. The Morgan fingerprint density at radius 1 is 1.41 bits per heavy atom. The zero-order valence-electron chi connectivity index (χ0n) is 14.8. The fourth-order valence-corrected chi connectivity index (χ4v) is 3.34. The predicted octanol–water partition coefficient (Wildman–Crippen LogP) is 2.68. The van der Waals surface area contributed by atoms with Crippen LogP contribution in [0, 0.1) is 0 Å². The molecule has 0 spiro atoms. The number of likely N-dealkylation sites (tertiary alicyclic amines) is 1. The second-order valence-electron chi connectivity index (χ2n) is 6.60. The molecule has 27 heavy (non-hydrogen) atoms. The molecule has 0 bridgehead atoms. The summed E-state index contributed by atoms with van der Waals surface area (Å²) >= 11 is 0. The van der Waals surface area contributed by atoms with Gasteiger partial charge in [-0.05, 0) is 31.0 Å². The molecule has 9 heteroatoms. The van der Waals surface area contributed by atoms with Crippen LogP contribution in [0.25, 0.3) is 10.9 Å². The molecule has 1 atom stereocenters. The lowest BCUT2D eigenvalue weighted by Gasteiger charge is -2.33. The molecule has 1 aliphatic heterocycles. The lowest BCUT2D eigenvalue weighted by atomic mass is 9.93. The molecule has 1 saturated heterocycles. The largest absolute Gasteiger partial charge is 0.433 e. The third kappa shape index (κ3) is 4.29. The second kappa shape index (κ2) is 7.67. The lowest BCUT2D eigenvalue weighted by molar-refractivity contribution is -0.141. The maximum atomic E-state index is 12.9. The number of hydrogen-bond acceptors (Lipinski definition) is 4. The van der Waals surface area contributed by atoms with Crippen molar-refractivity contribution in [2.75, 3.05) is 26.8 Å². The van der Waals surface area contributed by atoms with Crippen LogP contribution in [0.2, 0.25) is 0 Å². The number of amides is 1. The summed E-state index contributed by atoms with van der Waals surface area (Å²) in [6.45, 7) is 1.35. The zero-order chi connectivity index (χ0) is 19.6. The van der Waals surface area contributed by atoms with Crippen LogP contribution in [-0.4, -0.2) is 47.6 Å². The van der Waals surface area contributed by atoms with Gasteiger partial charge in [0.05, 0.1) is 23.9 Å². The summed E-state index contributed by atoms with van der Waals surface area (Å²) in [6, 6.07) is 3.42. The number of carbonyl (C=O) groups is 1. The Bertz CT molecular complexity index is 895. The Morgan fingerprint density at radius 3 is 2.89 bits per heavy atom. The number of nitrogens with zero attached hydrogens (tertiary/aromatic N) is 2. The molecule has 0 saturated carbocycles. The minimum absolute atomic E-state index is 0.00593. The number of carbonyl (C=O) groups excluding carboxylic acids is 1. The number of halogens is 3. The summed E-state index contributed by atoms with van der Waals surface area (Å²) in [6.07, 6.45) is -2.83. The van der Waals surface area contributed by atoms with Crippen LogP contribution < -0.4 is 5.56 Å². The number of methoxy groups -OCH3 is 1. The van der Waals surface area contributed by atoms with E-state index in [4.69, 9.17) is 4.74 Å². The van der Waals surface area contributed by atoms with E-state index in [9.17, 15) is 22.8 Å². The molecular weight excluding hydrogens is 363 g/mol. The van der Waals surface area contributed by atoms with Gasteiger partial charge in [-0.2, -0.15) is 13.2 Å². The van der Waals surface area contributed by atoms with Gasteiger partial charge in [-0.15, -0.1) is 0 Å². The van der Waals surface area contributed by atoms with E-state index >= 15 is 0 Å². The quantitative estimate of drug-likeness (QED) is 0.881. The Kier molecular flexibility index (Phi) is 5.50. The molecule has 2 aromatic heterocycles. The van der Waals surface area contributed by atoms with E-state index in [1.807, 2.05) is 0 Å². The number of fused-ring (bicyclic) bond motifs is 1. The van der Waals surface area contributed by atoms with Gasteiger partial charge < -0.3 is 14.6 Å². The Balaban J connectivity index is 1.89. The highest BCUT2D eigenvalue weighted by Crippen LogP contribution is 2.30. The zero-order valence-corrected chi connectivity index (χ0v) is 14.8. The van der Waals surface area contributed by atoms with Crippen molar-refractivity contribution < 1.29 is 22.7 Å². The summed E-state index contributed by atoms with van der Waals surface area (Å²) < 4.78 is 43.7. The minimum atomic E-state index is -4.58. The molecule has 1 fully saturated rings. The van der Waals surface area contributed by atoms with E-state index < -0.39 is 17.4 Å². The van der Waals surface area contributed by atoms with Crippen molar-refractivity contribution in [1.82, 2.24) is 14.9 Å². The maximum Gasteiger partial charge on any atom is 0.433 e. The standard InChI is InChI=1S/C18H20F3N3O3/c1-27-8-6-16(25)24-7-2-3-11(10-24)13-9-14-12(17(26)23-13)4-5-15(22-14)18(19,20)21/h4-5,9,11H,2-3,6-8,10H2,1H3,(H,23,26)/t11-/m0/s1. The summed E-state index contributed by atoms with van der Waals surface area (Å²) in [7, 11) is 1.52. The maximum absolute atomic E-state index is 12.9. The number of H-pyrrole nitrogens is 1. The number of piperidine rings is 1. The van der Waals surface area contributed by atoms with E-state index in [1.165, 1.54) is 13.2 Å². The number of nitrogens with one attached hydrogen (secondary N) is 1. The first kappa shape index (κ1) is 19.3. The molecule has 3 heterocycles. The van der Waals surface area contributed by atoms with Crippen molar-refractivity contribution >= 4 is 16.8 Å². The fraction of sp³-hybridized carbons (Fsp3) is 0.500. The molecule has 3 rings (SSSR count). The highest BCUT2D eigenvalue weighted by atomic mass is 19.4. The third-order valence-corrected chi connectivity index (χ3v) is 4.74. The third-order valence-electron chi connectivity index (χ3n) is 4.74. The van der Waals surface area contributed by atoms with Crippen molar-refractivity contribution in [3.63, 3.8) is 0 Å². The molecule has 1 amide bonds. The summed E-state index contributed by atoms with van der Waals surface area (Å²) in [5.41, 5.74) is -1.01. The van der Waals surface area contributed by atoms with Gasteiger partial charge in [-0.1, -0.05) is 0 Å². The van der Waals surface area contributed by atoms with Crippen LogP contribution in [0.1, 0.15) is 36.6 Å². The van der Waals surface area contributed by atoms with Crippen LogP contribution in [-0.2, 0) is 15.7 Å². The Morgan fingerprint density at radius 2 is 2.19 bits per heavy atom. The normalized spacial score (nSPS) is 18.1. The van der Waals surface area contributed by atoms with Crippen molar-refractivity contribution in [3.8, 4) is 0 Å². The van der Waals surface area contributed by atoms with Crippen molar-refractivity contribution in [2.45, 2.75) is 31.4 Å². The topological polar surface area (TPSA) is 75.3 Å². The fourth-order valence-electron chi connectivity index (χ4n) is 3.34. The summed E-state index contributed by atoms with van der Waals surface area (Å²) in [4.78, 5) is 32.6. The number of hydrogen-bond donors (Lipinski definition) is 1. The first-order chi connectivity index (χ1) is 12.8. The molecule has 1 N–H and O–H groups in total. The van der Waals surface area contributed by atoms with Crippen LogP contribution in [0.5, 0.6) is 0 Å². The van der Waals surface area contributed by atoms with Gasteiger partial charge >= 0.3 is 6.18 Å². The van der Waals surface area contributed by atoms with Crippen molar-refractivity contribution in [1.29, 1.82) is 0 Å². The number of ether oxygens (including phenoxy) is 1. The van der Waals surface area contributed by atoms with E-state index in [0.29, 0.717) is 25.4 Å². The molecule has 2 aromatic rings. The smallest absolute Gasteiger partial charge is 0.384 e. The van der Waals surface area contributed by atoms with Gasteiger partial charge in [-0.3, -0.25) is 9.59 Å². The van der Waals surface area contributed by atoms with Crippen molar-refractivity contribution in [2.24, 2.45) is 0 Å². The first-order valence-corrected chi connectivity index (χ1v) is 8.67. The van der Waals surface area contributed by atoms with Gasteiger partial charge in [0.15, 0.2) is 0 Å². The number of alkyl halides is 3. The average Bonchev–Trinajstić information content (AvgIpc) is 2.65. The molecule has 1 aliphatic rings. The average molecular weight is 383 g/mol. The molecule has 0 radical (unpaired) electrons. The molecular formula is C18H20F3N3O3. The van der Waals surface area contributed by atoms with Gasteiger partial charge in [0.25, 0.3) is 5.56 Å². The summed E-state index contributed by atoms with van der Waals surface area (Å²) in [5, 5.41) is 0.107. The van der Waals surface area contributed by atoms with Gasteiger partial charge in [0.2, 0.25) is 5.91 Å². The van der Waals surface area contributed by atoms with Crippen LogP contribution >= 0.6 is 0 Å². The van der Waals surface area contributed by atoms with Crippen LogP contribution in [0.4, 0.5) is 13.2 Å². The highest BCUT2D eigenvalue weighted by Gasteiger charge is 2.33. The van der Waals surface area contributed by atoms with E-state index in [1.54, 1.807) is 4.90 Å². The van der Waals surface area contributed by atoms with E-state index in [0.717, 1.165) is 25.0 Å². The lowest BCUT2D eigenvalue weighted by Crippen LogP contribution is -2.40. The first-order valence-electron chi connectivity index (χ1n) is 8.67. The Labute approximate surface area is 153 Å². The molecule has 0 aliphatic carbocycles. The van der Waals surface area contributed by atoms with Gasteiger partial charge in [-0.25, -0.2) is 4.98 Å². The van der Waals surface area contributed by atoms with E-state index in [2.05, 4.69) is 9.97 Å². The van der Waals surface area contributed by atoms with Crippen LogP contribution in [0.15, 0.2) is 23.0 Å². The van der Waals surface area contributed by atoms with Crippen molar-refractivity contribution in [3.05, 3.63) is 39.9 Å². The SMILES string of the molecule is COCCC(=O)N1CCC[C@H](c2cc3nc(C(F)(F)F)ccc3c(=O)[nH]2)C1. The summed E-state index contributed by atoms with van der Waals surface area (Å²) in [5.74, 6) is -0.194. The molecule has 146 valence electrons. The number of aromatic amines is 1. The number of aromatic nitrogens is 2. The molecule has 6 nitrogen and oxygen atoms in total.